The molecule has 3 rings (SSSR count). The maximum Gasteiger partial charge on any atom is 0.335 e. The summed E-state index contributed by atoms with van der Waals surface area (Å²) in [7, 11) is 0. The van der Waals surface area contributed by atoms with E-state index in [1.807, 2.05) is 0 Å². The lowest BCUT2D eigenvalue weighted by atomic mass is 10.1. The lowest BCUT2D eigenvalue weighted by molar-refractivity contribution is 0.0697. The Hall–Kier alpha value is -2.55. The molecule has 130 valence electrons. The molecule has 0 aliphatic carbocycles. The maximum absolute atomic E-state index is 12.8. The first kappa shape index (κ1) is 17.3. The third-order valence-electron chi connectivity index (χ3n) is 3.64. The van der Waals surface area contributed by atoms with Crippen molar-refractivity contribution in [2.45, 2.75) is 4.90 Å². The minimum absolute atomic E-state index is 0.0192. The summed E-state index contributed by atoms with van der Waals surface area (Å²) in [5, 5.41) is 18.3. The number of hydrogen-bond donors (Lipinski definition) is 2. The van der Waals surface area contributed by atoms with Gasteiger partial charge in [0.25, 0.3) is 0 Å². The number of aromatic carboxylic acids is 1. The van der Waals surface area contributed by atoms with Gasteiger partial charge in [0, 0.05) is 12.1 Å². The number of benzene rings is 2. The van der Waals surface area contributed by atoms with Crippen LogP contribution in [0.15, 0.2) is 44.4 Å². The van der Waals surface area contributed by atoms with Gasteiger partial charge in [0.2, 0.25) is 5.43 Å². The van der Waals surface area contributed by atoms with Crippen LogP contribution in [-0.2, 0) is 11.2 Å². The highest BCUT2D eigenvalue weighted by atomic mass is 32.2. The molecular formula is C17H14O7S. The minimum atomic E-state index is -1.37. The van der Waals surface area contributed by atoms with E-state index in [9.17, 15) is 14.1 Å². The second kappa shape index (κ2) is 6.75. The fourth-order valence-corrected chi connectivity index (χ4v) is 3.02. The summed E-state index contributed by atoms with van der Waals surface area (Å²) in [6.45, 7) is -0.255. The molecule has 8 heteroatoms. The summed E-state index contributed by atoms with van der Waals surface area (Å²) < 4.78 is 23.0. The van der Waals surface area contributed by atoms with Crippen molar-refractivity contribution in [3.63, 3.8) is 0 Å². The molecule has 2 aromatic carbocycles. The molecule has 1 unspecified atom stereocenters. The lowest BCUT2D eigenvalue weighted by Crippen LogP contribution is -2.09. The van der Waals surface area contributed by atoms with Gasteiger partial charge in [-0.15, -0.1) is 0 Å². The average Bonchev–Trinajstić information content (AvgIpc) is 2.59. The van der Waals surface area contributed by atoms with Crippen LogP contribution in [-0.4, -0.2) is 40.2 Å². The normalized spacial score (nSPS) is 12.4. The molecule has 0 radical (unpaired) electrons. The van der Waals surface area contributed by atoms with Gasteiger partial charge in [0.1, 0.15) is 18.4 Å². The van der Waals surface area contributed by atoms with Crippen molar-refractivity contribution in [2.24, 2.45) is 0 Å². The van der Waals surface area contributed by atoms with Crippen molar-refractivity contribution in [3.05, 3.63) is 46.1 Å². The third-order valence-corrected chi connectivity index (χ3v) is 4.54. The number of fused-ring (bicyclic) bond motifs is 2. The SMILES string of the molecule is C[S+]([O-])c1cc(OCCO)c2oc3ccc(C(=O)O)cc3c(=O)c2c1. The molecule has 1 heterocycles. The number of aliphatic hydroxyl groups excluding tert-OH is 1. The Bertz CT molecular complexity index is 1020. The molecule has 0 saturated carbocycles. The summed E-state index contributed by atoms with van der Waals surface area (Å²) in [6.07, 6.45) is 1.46. The molecule has 2 N–H and O–H groups in total. The molecule has 1 atom stereocenters. The number of carboxylic acids is 1. The van der Waals surface area contributed by atoms with E-state index in [1.54, 1.807) is 0 Å². The minimum Gasteiger partial charge on any atom is -0.612 e. The quantitative estimate of drug-likeness (QED) is 0.524. The number of carboxylic acid groups (broad SMARTS) is 1. The second-order valence-electron chi connectivity index (χ2n) is 5.27. The number of ether oxygens (including phenoxy) is 1. The Morgan fingerprint density at radius 1 is 1.28 bits per heavy atom. The lowest BCUT2D eigenvalue weighted by Gasteiger charge is -2.11. The highest BCUT2D eigenvalue weighted by Crippen LogP contribution is 2.31. The molecule has 0 bridgehead atoms. The van der Waals surface area contributed by atoms with Crippen molar-refractivity contribution in [3.8, 4) is 5.75 Å². The average molecular weight is 362 g/mol. The van der Waals surface area contributed by atoms with E-state index in [4.69, 9.17) is 19.4 Å². The third kappa shape index (κ3) is 3.19. The second-order valence-corrected chi connectivity index (χ2v) is 6.65. The predicted molar refractivity (Wildman–Crippen MR) is 91.9 cm³/mol. The zero-order valence-corrected chi connectivity index (χ0v) is 14.0. The Labute approximate surface area is 144 Å². The van der Waals surface area contributed by atoms with E-state index in [1.165, 1.54) is 36.6 Å². The Morgan fingerprint density at radius 3 is 2.68 bits per heavy atom. The fraction of sp³-hybridized carbons (Fsp3) is 0.176. The van der Waals surface area contributed by atoms with E-state index in [2.05, 4.69) is 0 Å². The van der Waals surface area contributed by atoms with Gasteiger partial charge in [-0.1, -0.05) is 0 Å². The van der Waals surface area contributed by atoms with Crippen LogP contribution in [0.25, 0.3) is 21.9 Å². The summed E-state index contributed by atoms with van der Waals surface area (Å²) in [5.74, 6) is -0.963. The van der Waals surface area contributed by atoms with Crippen molar-refractivity contribution in [2.75, 3.05) is 19.5 Å². The molecule has 1 aromatic heterocycles. The topological polar surface area (TPSA) is 120 Å². The summed E-state index contributed by atoms with van der Waals surface area (Å²) >= 11 is -1.37. The van der Waals surface area contributed by atoms with Gasteiger partial charge in [-0.25, -0.2) is 4.79 Å². The first-order chi connectivity index (χ1) is 11.9. The van der Waals surface area contributed by atoms with E-state index in [-0.39, 0.29) is 46.5 Å². The number of aliphatic hydroxyl groups is 1. The smallest absolute Gasteiger partial charge is 0.335 e. The molecule has 0 fully saturated rings. The molecule has 3 aromatic rings. The Balaban J connectivity index is 2.37. The largest absolute Gasteiger partial charge is 0.612 e. The summed E-state index contributed by atoms with van der Waals surface area (Å²) in [6, 6.07) is 6.92. The fourth-order valence-electron chi connectivity index (χ4n) is 2.46. The van der Waals surface area contributed by atoms with Crippen molar-refractivity contribution >= 4 is 39.1 Å². The van der Waals surface area contributed by atoms with Crippen LogP contribution in [0.5, 0.6) is 5.75 Å². The van der Waals surface area contributed by atoms with Crippen LogP contribution >= 0.6 is 0 Å². The van der Waals surface area contributed by atoms with Gasteiger partial charge in [-0.2, -0.15) is 0 Å². The van der Waals surface area contributed by atoms with Gasteiger partial charge in [0.15, 0.2) is 16.2 Å². The predicted octanol–water partition coefficient (Wildman–Crippen LogP) is 1.75. The molecule has 0 saturated heterocycles. The zero-order valence-electron chi connectivity index (χ0n) is 13.1. The van der Waals surface area contributed by atoms with Gasteiger partial charge in [-0.3, -0.25) is 4.79 Å². The molecule has 0 aliphatic rings. The number of rotatable bonds is 5. The van der Waals surface area contributed by atoms with E-state index in [0.29, 0.717) is 4.90 Å². The van der Waals surface area contributed by atoms with E-state index < -0.39 is 22.6 Å². The van der Waals surface area contributed by atoms with Gasteiger partial charge >= 0.3 is 5.97 Å². The van der Waals surface area contributed by atoms with E-state index >= 15 is 0 Å². The van der Waals surface area contributed by atoms with Crippen LogP contribution in [0.2, 0.25) is 0 Å². The first-order valence-electron chi connectivity index (χ1n) is 7.27. The highest BCUT2D eigenvalue weighted by Gasteiger charge is 2.18. The molecular weight excluding hydrogens is 348 g/mol. The van der Waals surface area contributed by atoms with Crippen molar-refractivity contribution < 1.29 is 28.7 Å². The van der Waals surface area contributed by atoms with E-state index in [0.717, 1.165) is 0 Å². The van der Waals surface area contributed by atoms with Crippen molar-refractivity contribution in [1.29, 1.82) is 0 Å². The Kier molecular flexibility index (Phi) is 4.67. The molecule has 25 heavy (non-hydrogen) atoms. The first-order valence-corrected chi connectivity index (χ1v) is 8.83. The Morgan fingerprint density at radius 2 is 2.04 bits per heavy atom. The summed E-state index contributed by atoms with van der Waals surface area (Å²) in [5.41, 5.74) is -0.114. The van der Waals surface area contributed by atoms with Crippen LogP contribution in [0.1, 0.15) is 10.4 Å². The maximum atomic E-state index is 12.8. The highest BCUT2D eigenvalue weighted by molar-refractivity contribution is 7.90. The molecule has 0 aliphatic heterocycles. The standard InChI is InChI=1S/C17H14O7S/c1-25(22)10-7-12-15(19)11-6-9(17(20)21)2-3-13(11)24-16(12)14(8-10)23-5-4-18/h2-3,6-8,18H,4-5H2,1H3,(H,20,21). The van der Waals surface area contributed by atoms with Crippen molar-refractivity contribution in [1.82, 2.24) is 0 Å². The number of carbonyl (C=O) groups is 1. The zero-order chi connectivity index (χ0) is 18.1. The van der Waals surface area contributed by atoms with Crippen LogP contribution in [0, 0.1) is 0 Å². The molecule has 7 nitrogen and oxygen atoms in total. The van der Waals surface area contributed by atoms with Gasteiger partial charge in [-0.05, 0) is 29.4 Å². The van der Waals surface area contributed by atoms with Crippen LogP contribution < -0.4 is 10.2 Å². The molecule has 0 amide bonds. The van der Waals surface area contributed by atoms with Gasteiger partial charge in [0.05, 0.1) is 22.9 Å². The van der Waals surface area contributed by atoms with Gasteiger partial charge < -0.3 is 23.9 Å². The van der Waals surface area contributed by atoms with Crippen LogP contribution in [0.3, 0.4) is 0 Å². The summed E-state index contributed by atoms with van der Waals surface area (Å²) in [4.78, 5) is 24.3. The monoisotopic (exact) mass is 362 g/mol. The molecule has 0 spiro atoms. The number of hydrogen-bond acceptors (Lipinski definition) is 6. The van der Waals surface area contributed by atoms with Crippen LogP contribution in [0.4, 0.5) is 0 Å².